The van der Waals surface area contributed by atoms with Gasteiger partial charge in [-0.3, -0.25) is 4.79 Å². The van der Waals surface area contributed by atoms with Crippen LogP contribution in [-0.4, -0.2) is 36.7 Å². The van der Waals surface area contributed by atoms with Crippen LogP contribution < -0.4 is 5.32 Å². The second-order valence-corrected chi connectivity index (χ2v) is 5.04. The van der Waals surface area contributed by atoms with E-state index in [2.05, 4.69) is 5.32 Å². The Morgan fingerprint density at radius 2 is 2.04 bits per heavy atom. The highest BCUT2D eigenvalue weighted by atomic mass is 19.4. The third-order valence-corrected chi connectivity index (χ3v) is 3.01. The second-order valence-electron chi connectivity index (χ2n) is 5.04. The molecule has 0 radical (unpaired) electrons. The van der Waals surface area contributed by atoms with Gasteiger partial charge in [-0.2, -0.15) is 13.2 Å². The maximum absolute atomic E-state index is 12.6. The highest BCUT2D eigenvalue weighted by Crippen LogP contribution is 2.29. The SMILES string of the molecule is CC(Cc1cccc(C(F)(F)F)c1)C(=O)NCCOCC(=O)O. The predicted molar refractivity (Wildman–Crippen MR) is 75.8 cm³/mol. The summed E-state index contributed by atoms with van der Waals surface area (Å²) in [4.78, 5) is 22.0. The molecule has 1 unspecified atom stereocenters. The zero-order valence-corrected chi connectivity index (χ0v) is 12.5. The van der Waals surface area contributed by atoms with Gasteiger partial charge in [0, 0.05) is 12.5 Å². The average Bonchev–Trinajstić information content (AvgIpc) is 2.45. The molecule has 0 bridgehead atoms. The van der Waals surface area contributed by atoms with Gasteiger partial charge in [-0.1, -0.05) is 25.1 Å². The summed E-state index contributed by atoms with van der Waals surface area (Å²) in [6, 6.07) is 4.85. The molecule has 0 spiro atoms. The quantitative estimate of drug-likeness (QED) is 0.715. The third kappa shape index (κ3) is 7.14. The summed E-state index contributed by atoms with van der Waals surface area (Å²) in [5.41, 5.74) is -0.325. The number of aliphatic carboxylic acids is 1. The Morgan fingerprint density at radius 3 is 2.65 bits per heavy atom. The summed E-state index contributed by atoms with van der Waals surface area (Å²) < 4.78 is 42.6. The number of amides is 1. The van der Waals surface area contributed by atoms with Crippen LogP contribution in [0.1, 0.15) is 18.1 Å². The number of carboxylic acid groups (broad SMARTS) is 1. The predicted octanol–water partition coefficient (Wildman–Crippen LogP) is 2.10. The second kappa shape index (κ2) is 8.52. The molecule has 1 atom stereocenters. The van der Waals surface area contributed by atoms with Crippen molar-refractivity contribution in [1.29, 1.82) is 0 Å². The lowest BCUT2D eigenvalue weighted by atomic mass is 9.98. The van der Waals surface area contributed by atoms with Crippen LogP contribution in [0.3, 0.4) is 0 Å². The van der Waals surface area contributed by atoms with E-state index < -0.39 is 30.2 Å². The molecular weight excluding hydrogens is 315 g/mol. The van der Waals surface area contributed by atoms with E-state index in [1.165, 1.54) is 12.1 Å². The van der Waals surface area contributed by atoms with Gasteiger partial charge in [-0.15, -0.1) is 0 Å². The first-order chi connectivity index (χ1) is 10.7. The van der Waals surface area contributed by atoms with Crippen LogP contribution in [0, 0.1) is 5.92 Å². The van der Waals surface area contributed by atoms with Crippen LogP contribution in [0.5, 0.6) is 0 Å². The number of nitrogens with one attached hydrogen (secondary N) is 1. The monoisotopic (exact) mass is 333 g/mol. The standard InChI is InChI=1S/C15H18F3NO4/c1-10(14(22)19-5-6-23-9-13(20)21)7-11-3-2-4-12(8-11)15(16,17)18/h2-4,8,10H,5-7,9H2,1H3,(H,19,22)(H,20,21). The molecule has 5 nitrogen and oxygen atoms in total. The number of hydrogen-bond donors (Lipinski definition) is 2. The summed E-state index contributed by atoms with van der Waals surface area (Å²) in [6.45, 7) is 1.34. The van der Waals surface area contributed by atoms with Gasteiger partial charge >= 0.3 is 12.1 Å². The van der Waals surface area contributed by atoms with Gasteiger partial charge in [0.05, 0.1) is 12.2 Å². The fourth-order valence-corrected chi connectivity index (χ4v) is 1.90. The Bertz CT molecular complexity index is 546. The number of carbonyl (C=O) groups excluding carboxylic acids is 1. The molecule has 0 fully saturated rings. The van der Waals surface area contributed by atoms with Crippen molar-refractivity contribution in [2.75, 3.05) is 19.8 Å². The highest BCUT2D eigenvalue weighted by Gasteiger charge is 2.30. The molecule has 1 aromatic rings. The van der Waals surface area contributed by atoms with E-state index in [1.807, 2.05) is 0 Å². The van der Waals surface area contributed by atoms with Gasteiger partial charge in [0.15, 0.2) is 0 Å². The minimum Gasteiger partial charge on any atom is -0.480 e. The first-order valence-corrected chi connectivity index (χ1v) is 6.93. The van der Waals surface area contributed by atoms with Crippen molar-refractivity contribution in [3.05, 3.63) is 35.4 Å². The molecule has 1 amide bonds. The zero-order chi connectivity index (χ0) is 17.5. The van der Waals surface area contributed by atoms with E-state index >= 15 is 0 Å². The van der Waals surface area contributed by atoms with Crippen molar-refractivity contribution in [3.63, 3.8) is 0 Å². The van der Waals surface area contributed by atoms with Crippen LogP contribution >= 0.6 is 0 Å². The molecule has 0 aliphatic rings. The van der Waals surface area contributed by atoms with Gasteiger partial charge in [0.2, 0.25) is 5.91 Å². The number of benzene rings is 1. The van der Waals surface area contributed by atoms with Crippen molar-refractivity contribution in [2.24, 2.45) is 5.92 Å². The van der Waals surface area contributed by atoms with Gasteiger partial charge in [-0.05, 0) is 18.1 Å². The molecule has 0 saturated heterocycles. The van der Waals surface area contributed by atoms with E-state index in [4.69, 9.17) is 9.84 Å². The average molecular weight is 333 g/mol. The van der Waals surface area contributed by atoms with Crippen molar-refractivity contribution in [3.8, 4) is 0 Å². The number of hydrogen-bond acceptors (Lipinski definition) is 3. The molecular formula is C15H18F3NO4. The largest absolute Gasteiger partial charge is 0.480 e. The molecule has 0 aliphatic heterocycles. The molecule has 8 heteroatoms. The van der Waals surface area contributed by atoms with E-state index in [-0.39, 0.29) is 25.5 Å². The molecule has 0 heterocycles. The van der Waals surface area contributed by atoms with E-state index in [1.54, 1.807) is 6.92 Å². The van der Waals surface area contributed by atoms with Gasteiger partial charge < -0.3 is 15.2 Å². The van der Waals surface area contributed by atoms with E-state index in [9.17, 15) is 22.8 Å². The maximum Gasteiger partial charge on any atom is 0.416 e. The number of rotatable bonds is 8. The van der Waals surface area contributed by atoms with E-state index in [0.29, 0.717) is 5.56 Å². The molecule has 23 heavy (non-hydrogen) atoms. The first kappa shape index (κ1) is 19.0. The lowest BCUT2D eigenvalue weighted by Gasteiger charge is -2.13. The molecule has 2 N–H and O–H groups in total. The molecule has 1 aromatic carbocycles. The molecule has 0 aromatic heterocycles. The fourth-order valence-electron chi connectivity index (χ4n) is 1.90. The van der Waals surface area contributed by atoms with E-state index in [0.717, 1.165) is 12.1 Å². The number of halogens is 3. The van der Waals surface area contributed by atoms with Crippen molar-refractivity contribution in [1.82, 2.24) is 5.32 Å². The fraction of sp³-hybridized carbons (Fsp3) is 0.467. The number of ether oxygens (including phenoxy) is 1. The molecule has 1 rings (SSSR count). The van der Waals surface area contributed by atoms with Crippen molar-refractivity contribution >= 4 is 11.9 Å². The molecule has 128 valence electrons. The number of alkyl halides is 3. The summed E-state index contributed by atoms with van der Waals surface area (Å²) in [6.07, 6.45) is -4.24. The lowest BCUT2D eigenvalue weighted by Crippen LogP contribution is -2.33. The number of carboxylic acids is 1. The minimum atomic E-state index is -4.41. The topological polar surface area (TPSA) is 75.6 Å². The van der Waals surface area contributed by atoms with Crippen LogP contribution in [0.15, 0.2) is 24.3 Å². The number of carbonyl (C=O) groups is 2. The normalized spacial score (nSPS) is 12.7. The highest BCUT2D eigenvalue weighted by molar-refractivity contribution is 5.78. The third-order valence-electron chi connectivity index (χ3n) is 3.01. The van der Waals surface area contributed by atoms with Crippen LogP contribution in [0.2, 0.25) is 0 Å². The van der Waals surface area contributed by atoms with Gasteiger partial charge in [0.25, 0.3) is 0 Å². The van der Waals surface area contributed by atoms with Crippen LogP contribution in [0.25, 0.3) is 0 Å². The lowest BCUT2D eigenvalue weighted by molar-refractivity contribution is -0.142. The zero-order valence-electron chi connectivity index (χ0n) is 12.5. The Hall–Kier alpha value is -2.09. The summed E-state index contributed by atoms with van der Waals surface area (Å²) in [5.74, 6) is -1.95. The van der Waals surface area contributed by atoms with Crippen LogP contribution in [-0.2, 0) is 26.9 Å². The minimum absolute atomic E-state index is 0.0499. The molecule has 0 aliphatic carbocycles. The van der Waals surface area contributed by atoms with Gasteiger partial charge in [-0.25, -0.2) is 4.79 Å². The summed E-state index contributed by atoms with van der Waals surface area (Å²) in [7, 11) is 0. The smallest absolute Gasteiger partial charge is 0.416 e. The first-order valence-electron chi connectivity index (χ1n) is 6.93. The Kier molecular flexibility index (Phi) is 7.02. The van der Waals surface area contributed by atoms with Crippen molar-refractivity contribution in [2.45, 2.75) is 19.5 Å². The molecule has 0 saturated carbocycles. The maximum atomic E-state index is 12.6. The van der Waals surface area contributed by atoms with Gasteiger partial charge in [0.1, 0.15) is 6.61 Å². The van der Waals surface area contributed by atoms with Crippen LogP contribution in [0.4, 0.5) is 13.2 Å². The Balaban J connectivity index is 2.44. The Labute approximate surface area is 131 Å². The summed E-state index contributed by atoms with van der Waals surface area (Å²) in [5, 5.41) is 10.9. The van der Waals surface area contributed by atoms with Crippen molar-refractivity contribution < 1.29 is 32.6 Å². The summed E-state index contributed by atoms with van der Waals surface area (Å²) >= 11 is 0. The Morgan fingerprint density at radius 1 is 1.35 bits per heavy atom.